The van der Waals surface area contributed by atoms with Gasteiger partial charge in [-0.3, -0.25) is 4.79 Å². The van der Waals surface area contributed by atoms with Crippen LogP contribution < -0.4 is 5.32 Å². The molecule has 3 aliphatic rings. The molecule has 0 saturated carbocycles. The minimum atomic E-state index is -3.51. The minimum Gasteiger partial charge on any atom is -0.356 e. The van der Waals surface area contributed by atoms with Gasteiger partial charge in [0.1, 0.15) is 10.6 Å². The largest absolute Gasteiger partial charge is 0.356 e. The van der Waals surface area contributed by atoms with Gasteiger partial charge in [0.05, 0.1) is 0 Å². The fourth-order valence-electron chi connectivity index (χ4n) is 4.16. The molecule has 27 heavy (non-hydrogen) atoms. The van der Waals surface area contributed by atoms with Crippen LogP contribution in [-0.4, -0.2) is 79.3 Å². The molecule has 1 amide bonds. The fraction of sp³-hybridized carbons (Fsp3) is 0.706. The number of aromatic amines is 1. The lowest BCUT2D eigenvalue weighted by molar-refractivity contribution is 0.0602. The zero-order chi connectivity index (χ0) is 18.2. The zero-order valence-corrected chi connectivity index (χ0v) is 17.7. The summed E-state index contributed by atoms with van der Waals surface area (Å²) in [5.74, 6) is 1.54. The van der Waals surface area contributed by atoms with E-state index in [0.29, 0.717) is 24.2 Å². The Morgan fingerprint density at radius 1 is 1.11 bits per heavy atom. The highest BCUT2D eigenvalue weighted by Gasteiger charge is 2.38. The van der Waals surface area contributed by atoms with Crippen molar-refractivity contribution >= 4 is 40.1 Å². The van der Waals surface area contributed by atoms with Crippen LogP contribution >= 0.6 is 24.2 Å². The first-order chi connectivity index (χ1) is 12.5. The third-order valence-corrected chi connectivity index (χ3v) is 8.76. The van der Waals surface area contributed by atoms with E-state index in [1.165, 1.54) is 23.0 Å². The van der Waals surface area contributed by atoms with Gasteiger partial charge in [-0.05, 0) is 37.3 Å². The first kappa shape index (κ1) is 21.0. The van der Waals surface area contributed by atoms with Gasteiger partial charge >= 0.3 is 0 Å². The molecule has 3 aliphatic heterocycles. The van der Waals surface area contributed by atoms with Crippen LogP contribution in [0.5, 0.6) is 0 Å². The van der Waals surface area contributed by atoms with E-state index in [2.05, 4.69) is 10.3 Å². The molecule has 0 unspecified atom stereocenters. The predicted molar refractivity (Wildman–Crippen MR) is 109 cm³/mol. The van der Waals surface area contributed by atoms with Crippen LogP contribution in [0.3, 0.4) is 0 Å². The smallest absolute Gasteiger partial charge is 0.270 e. The Labute approximate surface area is 171 Å². The lowest BCUT2D eigenvalue weighted by Crippen LogP contribution is -2.44. The molecule has 3 fully saturated rings. The monoisotopic (exact) mass is 434 g/mol. The molecule has 1 spiro atoms. The van der Waals surface area contributed by atoms with Crippen molar-refractivity contribution in [2.75, 3.05) is 50.8 Å². The van der Waals surface area contributed by atoms with Gasteiger partial charge in [0.2, 0.25) is 10.0 Å². The number of nitrogens with one attached hydrogen (secondary N) is 2. The molecule has 152 valence electrons. The molecule has 4 rings (SSSR count). The van der Waals surface area contributed by atoms with Gasteiger partial charge < -0.3 is 15.2 Å². The number of aromatic nitrogens is 1. The number of carbonyl (C=O) groups is 1. The maximum atomic E-state index is 12.8. The van der Waals surface area contributed by atoms with E-state index in [1.807, 2.05) is 4.90 Å². The summed E-state index contributed by atoms with van der Waals surface area (Å²) in [5.41, 5.74) is 0.725. The maximum absolute atomic E-state index is 12.8. The zero-order valence-electron chi connectivity index (χ0n) is 15.3. The van der Waals surface area contributed by atoms with Gasteiger partial charge in [0, 0.05) is 50.4 Å². The summed E-state index contributed by atoms with van der Waals surface area (Å²) in [4.78, 5) is 17.7. The molecule has 1 aromatic heterocycles. The van der Waals surface area contributed by atoms with Gasteiger partial charge in [-0.15, -0.1) is 12.4 Å². The van der Waals surface area contributed by atoms with Gasteiger partial charge in [-0.2, -0.15) is 16.1 Å². The van der Waals surface area contributed by atoms with Crippen LogP contribution in [0.2, 0.25) is 0 Å². The van der Waals surface area contributed by atoms with Crippen molar-refractivity contribution < 1.29 is 13.2 Å². The molecule has 0 aliphatic carbocycles. The Balaban J connectivity index is 0.00000210. The normalized spacial score (nSPS) is 23.3. The van der Waals surface area contributed by atoms with E-state index in [0.717, 1.165) is 50.5 Å². The standard InChI is InChI=1S/C17H26N4O3S2.ClH/c22-16(20-5-2-17(3-6-20)1-4-18-13-17)15-11-14(12-19-15)26(23,24)21-7-9-25-10-8-21;/h11-12,18-19H,1-10,13H2;1H. The van der Waals surface area contributed by atoms with Crippen LogP contribution in [0.1, 0.15) is 29.8 Å². The molecular formula is C17H27ClN4O3S2. The van der Waals surface area contributed by atoms with Crippen molar-refractivity contribution in [1.82, 2.24) is 19.5 Å². The number of likely N-dealkylation sites (tertiary alicyclic amines) is 1. The van der Waals surface area contributed by atoms with Crippen molar-refractivity contribution in [2.24, 2.45) is 5.41 Å². The lowest BCUT2D eigenvalue weighted by Gasteiger charge is -2.38. The van der Waals surface area contributed by atoms with Gasteiger partial charge in [-0.25, -0.2) is 8.42 Å². The molecule has 4 heterocycles. The van der Waals surface area contributed by atoms with Gasteiger partial charge in [0.15, 0.2) is 0 Å². The number of hydrogen-bond acceptors (Lipinski definition) is 5. The van der Waals surface area contributed by atoms with E-state index in [9.17, 15) is 13.2 Å². The minimum absolute atomic E-state index is 0. The van der Waals surface area contributed by atoms with Gasteiger partial charge in [-0.1, -0.05) is 0 Å². The summed E-state index contributed by atoms with van der Waals surface area (Å²) in [5, 5.41) is 3.43. The van der Waals surface area contributed by atoms with Crippen LogP contribution in [0.25, 0.3) is 0 Å². The second-order valence-electron chi connectivity index (χ2n) is 7.48. The summed E-state index contributed by atoms with van der Waals surface area (Å²) >= 11 is 1.77. The van der Waals surface area contributed by atoms with Crippen LogP contribution in [0.15, 0.2) is 17.2 Å². The second kappa shape index (κ2) is 8.32. The van der Waals surface area contributed by atoms with Crippen molar-refractivity contribution in [1.29, 1.82) is 0 Å². The highest BCUT2D eigenvalue weighted by Crippen LogP contribution is 2.37. The molecule has 1 aromatic rings. The SMILES string of the molecule is Cl.O=C(c1cc(S(=O)(=O)N2CCSCC2)c[nH]1)N1CCC2(CCNC2)CC1. The quantitative estimate of drug-likeness (QED) is 0.750. The lowest BCUT2D eigenvalue weighted by atomic mass is 9.78. The molecule has 0 bridgehead atoms. The number of rotatable bonds is 3. The highest BCUT2D eigenvalue weighted by atomic mass is 35.5. The predicted octanol–water partition coefficient (Wildman–Crippen LogP) is 1.39. The molecule has 7 nitrogen and oxygen atoms in total. The van der Waals surface area contributed by atoms with Crippen LogP contribution in [-0.2, 0) is 10.0 Å². The maximum Gasteiger partial charge on any atom is 0.270 e. The first-order valence-corrected chi connectivity index (χ1v) is 11.9. The van der Waals surface area contributed by atoms with E-state index < -0.39 is 10.0 Å². The number of carbonyl (C=O) groups excluding carboxylic acids is 1. The van der Waals surface area contributed by atoms with Gasteiger partial charge in [0.25, 0.3) is 5.91 Å². The molecule has 2 N–H and O–H groups in total. The van der Waals surface area contributed by atoms with E-state index >= 15 is 0 Å². The number of halogens is 1. The Morgan fingerprint density at radius 2 is 1.81 bits per heavy atom. The number of nitrogens with zero attached hydrogens (tertiary/aromatic N) is 2. The molecule has 0 aromatic carbocycles. The molecule has 0 atom stereocenters. The van der Waals surface area contributed by atoms with Crippen molar-refractivity contribution in [3.05, 3.63) is 18.0 Å². The van der Waals surface area contributed by atoms with Crippen molar-refractivity contribution in [2.45, 2.75) is 24.2 Å². The summed E-state index contributed by atoms with van der Waals surface area (Å²) in [6, 6.07) is 1.50. The third-order valence-electron chi connectivity index (χ3n) is 5.94. The Morgan fingerprint density at radius 3 is 2.44 bits per heavy atom. The Kier molecular flexibility index (Phi) is 6.47. The Bertz CT molecular complexity index is 761. The fourth-order valence-corrected chi connectivity index (χ4v) is 6.73. The topological polar surface area (TPSA) is 85.5 Å². The number of H-pyrrole nitrogens is 1. The number of hydrogen-bond donors (Lipinski definition) is 2. The average molecular weight is 435 g/mol. The van der Waals surface area contributed by atoms with Crippen LogP contribution in [0, 0.1) is 5.41 Å². The van der Waals surface area contributed by atoms with E-state index in [4.69, 9.17) is 0 Å². The first-order valence-electron chi connectivity index (χ1n) is 9.27. The number of thioether (sulfide) groups is 1. The average Bonchev–Trinajstić information content (AvgIpc) is 3.33. The number of sulfonamides is 1. The molecule has 3 saturated heterocycles. The van der Waals surface area contributed by atoms with Crippen molar-refractivity contribution in [3.63, 3.8) is 0 Å². The summed E-state index contributed by atoms with van der Waals surface area (Å²) in [6.07, 6.45) is 4.68. The summed E-state index contributed by atoms with van der Waals surface area (Å²) in [6.45, 7) is 4.66. The summed E-state index contributed by atoms with van der Waals surface area (Å²) < 4.78 is 27.0. The second-order valence-corrected chi connectivity index (χ2v) is 10.6. The van der Waals surface area contributed by atoms with Crippen molar-refractivity contribution in [3.8, 4) is 0 Å². The molecule has 10 heteroatoms. The number of piperidine rings is 1. The van der Waals surface area contributed by atoms with E-state index in [-0.39, 0.29) is 23.2 Å². The van der Waals surface area contributed by atoms with E-state index in [1.54, 1.807) is 11.8 Å². The summed E-state index contributed by atoms with van der Waals surface area (Å²) in [7, 11) is -3.51. The third kappa shape index (κ3) is 4.17. The number of amides is 1. The molecule has 0 radical (unpaired) electrons. The Hall–Kier alpha value is -0.740. The highest BCUT2D eigenvalue weighted by molar-refractivity contribution is 7.99. The van der Waals surface area contributed by atoms with Crippen LogP contribution in [0.4, 0.5) is 0 Å². The molecular weight excluding hydrogens is 408 g/mol.